The molecule has 2 N–H and O–H groups in total. The molecule has 0 amide bonds. The quantitative estimate of drug-likeness (QED) is 0.644. The van der Waals surface area contributed by atoms with Crippen molar-refractivity contribution >= 4 is 16.0 Å². The number of nitrogens with zero attached hydrogens (tertiary/aromatic N) is 1. The Balaban J connectivity index is 1.60. The topological polar surface area (TPSA) is 113 Å². The van der Waals surface area contributed by atoms with Crippen molar-refractivity contribution in [3.05, 3.63) is 54.1 Å². The van der Waals surface area contributed by atoms with Crippen LogP contribution in [0.2, 0.25) is 0 Å². The van der Waals surface area contributed by atoms with Crippen molar-refractivity contribution in [3.8, 4) is 11.5 Å². The lowest BCUT2D eigenvalue weighted by molar-refractivity contribution is -0.195. The summed E-state index contributed by atoms with van der Waals surface area (Å²) in [7, 11) is -2.83. The van der Waals surface area contributed by atoms with E-state index >= 15 is 0 Å². The van der Waals surface area contributed by atoms with Gasteiger partial charge in [-0.25, -0.2) is 13.2 Å². The van der Waals surface area contributed by atoms with Gasteiger partial charge in [-0.3, -0.25) is 0 Å². The van der Waals surface area contributed by atoms with Crippen LogP contribution in [0.1, 0.15) is 30.7 Å². The lowest BCUT2D eigenvalue weighted by atomic mass is 9.97. The first-order valence-electron chi connectivity index (χ1n) is 9.68. The van der Waals surface area contributed by atoms with Crippen molar-refractivity contribution in [2.75, 3.05) is 13.6 Å². The summed E-state index contributed by atoms with van der Waals surface area (Å²) in [5.41, 5.74) is 0.924. The predicted octanol–water partition coefficient (Wildman–Crippen LogP) is 2.19. The van der Waals surface area contributed by atoms with E-state index in [1.165, 1.54) is 25.2 Å². The number of hydrogen-bond donors (Lipinski definition) is 2. The number of likely N-dealkylation sites (N-methyl/N-ethyl adjacent to an activating group) is 1. The SMILES string of the molecule is CN(CC(O)(Oc1cccc2c1OC1CCCC21)C(=O)O)S(=O)(=O)c1ccccc1. The lowest BCUT2D eigenvalue weighted by Crippen LogP contribution is -2.53. The third-order valence-corrected chi connectivity index (χ3v) is 7.45. The molecule has 30 heavy (non-hydrogen) atoms. The molecule has 4 rings (SSSR count). The van der Waals surface area contributed by atoms with E-state index in [1.54, 1.807) is 24.3 Å². The first-order chi connectivity index (χ1) is 14.2. The highest BCUT2D eigenvalue weighted by Crippen LogP contribution is 2.51. The monoisotopic (exact) mass is 433 g/mol. The molecule has 1 saturated carbocycles. The number of rotatable bonds is 7. The first kappa shape index (κ1) is 20.6. The molecule has 0 spiro atoms. The van der Waals surface area contributed by atoms with Gasteiger partial charge in [-0.2, -0.15) is 4.31 Å². The molecular formula is C21H23NO7S. The normalized spacial score (nSPS) is 22.1. The summed E-state index contributed by atoms with van der Waals surface area (Å²) >= 11 is 0. The van der Waals surface area contributed by atoms with Crippen LogP contribution >= 0.6 is 0 Å². The molecule has 0 saturated heterocycles. The number of para-hydroxylation sites is 1. The standard InChI is InChI=1S/C21H23NO7S/c1-22(30(26,27)14-7-3-2-4-8-14)13-21(25,20(23)24)29-18-12-6-10-16-15-9-5-11-17(15)28-19(16)18/h2-4,6-8,10,12,15,17,25H,5,9,11,13H2,1H3,(H,23,24). The van der Waals surface area contributed by atoms with Gasteiger partial charge in [0.05, 0.1) is 11.4 Å². The van der Waals surface area contributed by atoms with Crippen LogP contribution in [0.15, 0.2) is 53.4 Å². The Morgan fingerprint density at radius 3 is 2.63 bits per heavy atom. The van der Waals surface area contributed by atoms with Crippen molar-refractivity contribution in [1.29, 1.82) is 0 Å². The molecule has 3 unspecified atom stereocenters. The van der Waals surface area contributed by atoms with Crippen LogP contribution in [0, 0.1) is 0 Å². The number of benzene rings is 2. The average molecular weight is 433 g/mol. The summed E-state index contributed by atoms with van der Waals surface area (Å²) < 4.78 is 37.7. The molecule has 1 heterocycles. The van der Waals surface area contributed by atoms with Crippen LogP contribution in [-0.4, -0.2) is 54.4 Å². The molecular weight excluding hydrogens is 410 g/mol. The molecule has 8 nitrogen and oxygen atoms in total. The van der Waals surface area contributed by atoms with E-state index in [4.69, 9.17) is 9.47 Å². The highest BCUT2D eigenvalue weighted by molar-refractivity contribution is 7.89. The number of aliphatic carboxylic acids is 1. The summed E-state index contributed by atoms with van der Waals surface area (Å²) in [4.78, 5) is 11.9. The maximum absolute atomic E-state index is 12.7. The van der Waals surface area contributed by atoms with Crippen molar-refractivity contribution in [2.45, 2.75) is 42.0 Å². The van der Waals surface area contributed by atoms with E-state index < -0.39 is 28.3 Å². The van der Waals surface area contributed by atoms with E-state index in [-0.39, 0.29) is 22.7 Å². The molecule has 1 aliphatic heterocycles. The molecule has 3 atom stereocenters. The van der Waals surface area contributed by atoms with Crippen molar-refractivity contribution < 1.29 is 32.9 Å². The van der Waals surface area contributed by atoms with Gasteiger partial charge in [-0.05, 0) is 37.5 Å². The second kappa shape index (κ2) is 7.57. The predicted molar refractivity (Wildman–Crippen MR) is 107 cm³/mol. The number of ether oxygens (including phenoxy) is 2. The minimum absolute atomic E-state index is 0.0167. The highest BCUT2D eigenvalue weighted by atomic mass is 32.2. The lowest BCUT2D eigenvalue weighted by Gasteiger charge is -2.29. The van der Waals surface area contributed by atoms with Crippen LogP contribution in [-0.2, 0) is 14.8 Å². The van der Waals surface area contributed by atoms with Crippen LogP contribution in [0.3, 0.4) is 0 Å². The Labute approximate surface area is 174 Å². The van der Waals surface area contributed by atoms with Gasteiger partial charge in [0.1, 0.15) is 6.10 Å². The summed E-state index contributed by atoms with van der Waals surface area (Å²) in [6, 6.07) is 12.7. The molecule has 1 aliphatic carbocycles. The molecule has 1 fully saturated rings. The maximum atomic E-state index is 12.7. The van der Waals surface area contributed by atoms with Crippen LogP contribution < -0.4 is 9.47 Å². The fourth-order valence-corrected chi connectivity index (χ4v) is 5.30. The van der Waals surface area contributed by atoms with Crippen LogP contribution in [0.25, 0.3) is 0 Å². The van der Waals surface area contributed by atoms with Gasteiger partial charge in [0, 0.05) is 18.5 Å². The van der Waals surface area contributed by atoms with Gasteiger partial charge in [-0.1, -0.05) is 30.3 Å². The summed E-state index contributed by atoms with van der Waals surface area (Å²) in [6.45, 7) is -0.809. The Morgan fingerprint density at radius 1 is 1.20 bits per heavy atom. The average Bonchev–Trinajstić information content (AvgIpc) is 3.31. The van der Waals surface area contributed by atoms with Gasteiger partial charge >= 0.3 is 11.8 Å². The number of sulfonamides is 1. The second-order valence-corrected chi connectivity index (χ2v) is 9.68. The van der Waals surface area contributed by atoms with E-state index in [0.29, 0.717) is 5.75 Å². The third kappa shape index (κ3) is 3.53. The smallest absolute Gasteiger partial charge is 0.378 e. The molecule has 2 aromatic rings. The van der Waals surface area contributed by atoms with Gasteiger partial charge in [0.15, 0.2) is 11.5 Å². The summed E-state index contributed by atoms with van der Waals surface area (Å²) in [5, 5.41) is 20.4. The number of hydrogen-bond acceptors (Lipinski definition) is 6. The summed E-state index contributed by atoms with van der Waals surface area (Å²) in [6.07, 6.45) is 2.95. The molecule has 9 heteroatoms. The van der Waals surface area contributed by atoms with E-state index in [2.05, 4.69) is 0 Å². The summed E-state index contributed by atoms with van der Waals surface area (Å²) in [5.74, 6) is -3.78. The van der Waals surface area contributed by atoms with Crippen molar-refractivity contribution in [2.24, 2.45) is 0 Å². The van der Waals surface area contributed by atoms with Crippen molar-refractivity contribution in [3.63, 3.8) is 0 Å². The van der Waals surface area contributed by atoms with E-state index in [1.807, 2.05) is 6.07 Å². The van der Waals surface area contributed by atoms with Crippen LogP contribution in [0.4, 0.5) is 0 Å². The Hall–Kier alpha value is -2.62. The zero-order valence-corrected chi connectivity index (χ0v) is 17.2. The number of aliphatic hydroxyl groups is 1. The molecule has 2 aromatic carbocycles. The first-order valence-corrected chi connectivity index (χ1v) is 11.1. The van der Waals surface area contributed by atoms with Gasteiger partial charge in [0.25, 0.3) is 0 Å². The fourth-order valence-electron chi connectivity index (χ4n) is 4.09. The zero-order valence-electron chi connectivity index (χ0n) is 16.4. The third-order valence-electron chi connectivity index (χ3n) is 5.63. The highest BCUT2D eigenvalue weighted by Gasteiger charge is 2.45. The van der Waals surface area contributed by atoms with Gasteiger partial charge in [-0.15, -0.1) is 0 Å². The number of carboxylic acids is 1. The minimum atomic E-state index is -4.02. The molecule has 0 radical (unpaired) electrons. The molecule has 160 valence electrons. The minimum Gasteiger partial charge on any atom is -0.486 e. The van der Waals surface area contributed by atoms with Crippen LogP contribution in [0.5, 0.6) is 11.5 Å². The zero-order chi connectivity index (χ0) is 21.5. The number of carboxylic acid groups (broad SMARTS) is 1. The van der Waals surface area contributed by atoms with Gasteiger partial charge < -0.3 is 19.7 Å². The Morgan fingerprint density at radius 2 is 1.93 bits per heavy atom. The Kier molecular flexibility index (Phi) is 5.21. The second-order valence-electron chi connectivity index (χ2n) is 7.63. The van der Waals surface area contributed by atoms with Crippen molar-refractivity contribution in [1.82, 2.24) is 4.31 Å². The fraction of sp³-hybridized carbons (Fsp3) is 0.381. The van der Waals surface area contributed by atoms with E-state index in [9.17, 15) is 23.4 Å². The molecule has 0 aromatic heterocycles. The number of carbonyl (C=O) groups is 1. The molecule has 0 bridgehead atoms. The Bertz CT molecular complexity index is 1060. The van der Waals surface area contributed by atoms with Gasteiger partial charge in [0.2, 0.25) is 10.0 Å². The maximum Gasteiger partial charge on any atom is 0.378 e. The number of fused-ring (bicyclic) bond motifs is 3. The van der Waals surface area contributed by atoms with E-state index in [0.717, 1.165) is 29.1 Å². The molecule has 2 aliphatic rings. The largest absolute Gasteiger partial charge is 0.486 e.